The van der Waals surface area contributed by atoms with E-state index in [2.05, 4.69) is 10.3 Å². The molecule has 0 radical (unpaired) electrons. The minimum atomic E-state index is -0.244. The number of benzodiazepines with no additional fused rings is 1. The van der Waals surface area contributed by atoms with Crippen molar-refractivity contribution >= 4 is 46.4 Å². The van der Waals surface area contributed by atoms with Crippen LogP contribution in [0.2, 0.25) is 10.0 Å². The summed E-state index contributed by atoms with van der Waals surface area (Å²) in [6.45, 7) is 3.70. The monoisotopic (exact) mass is 459 g/mol. The van der Waals surface area contributed by atoms with Crippen LogP contribution in [0.1, 0.15) is 24.0 Å². The summed E-state index contributed by atoms with van der Waals surface area (Å²) in [5, 5.41) is 4.01. The molecule has 2 aliphatic heterocycles. The Morgan fingerprint density at radius 3 is 2.65 bits per heavy atom. The first-order chi connectivity index (χ1) is 15.0. The first-order valence-electron chi connectivity index (χ1n) is 10.5. The highest BCUT2D eigenvalue weighted by molar-refractivity contribution is 6.37. The van der Waals surface area contributed by atoms with Gasteiger partial charge < -0.3 is 15.1 Å². The number of amides is 2. The van der Waals surface area contributed by atoms with Crippen LogP contribution in [0.3, 0.4) is 0 Å². The first kappa shape index (κ1) is 21.8. The van der Waals surface area contributed by atoms with Crippen LogP contribution in [0.5, 0.6) is 0 Å². The molecule has 0 unspecified atom stereocenters. The smallest absolute Gasteiger partial charge is 0.249 e. The van der Waals surface area contributed by atoms with Gasteiger partial charge in [0.15, 0.2) is 0 Å². The Labute approximate surface area is 191 Å². The minimum absolute atomic E-state index is 0.0614. The lowest BCUT2D eigenvalue weighted by molar-refractivity contribution is -0.886. The van der Waals surface area contributed by atoms with Crippen LogP contribution in [-0.4, -0.2) is 56.8 Å². The van der Waals surface area contributed by atoms with Crippen molar-refractivity contribution in [1.29, 1.82) is 0 Å². The summed E-state index contributed by atoms with van der Waals surface area (Å²) in [5.74, 6) is -0.431. The Kier molecular flexibility index (Phi) is 6.90. The number of nitrogens with zero attached hydrogens (tertiary/aromatic N) is 2. The van der Waals surface area contributed by atoms with Crippen LogP contribution < -0.4 is 15.1 Å². The van der Waals surface area contributed by atoms with Gasteiger partial charge in [-0.2, -0.15) is 0 Å². The summed E-state index contributed by atoms with van der Waals surface area (Å²) < 4.78 is 0. The van der Waals surface area contributed by atoms with Crippen molar-refractivity contribution in [3.8, 4) is 0 Å². The van der Waals surface area contributed by atoms with Crippen LogP contribution in [0.15, 0.2) is 47.5 Å². The quantitative estimate of drug-likeness (QED) is 0.693. The Hall–Kier alpha value is -2.41. The van der Waals surface area contributed by atoms with E-state index in [-0.39, 0.29) is 24.9 Å². The van der Waals surface area contributed by atoms with Crippen LogP contribution in [0.25, 0.3) is 0 Å². The molecule has 0 aromatic heterocycles. The number of hydrogen-bond donors (Lipinski definition) is 2. The Bertz CT molecular complexity index is 1020. The van der Waals surface area contributed by atoms with Gasteiger partial charge in [0.2, 0.25) is 11.8 Å². The van der Waals surface area contributed by atoms with Crippen LogP contribution in [-0.2, 0) is 9.59 Å². The van der Waals surface area contributed by atoms with Gasteiger partial charge in [-0.15, -0.1) is 0 Å². The van der Waals surface area contributed by atoms with Gasteiger partial charge >= 0.3 is 0 Å². The van der Waals surface area contributed by atoms with Crippen LogP contribution in [0.4, 0.5) is 5.69 Å². The first-order valence-corrected chi connectivity index (χ1v) is 11.3. The summed E-state index contributed by atoms with van der Waals surface area (Å²) in [7, 11) is 0. The Balaban J connectivity index is 1.56. The number of fused-ring (bicyclic) bond motifs is 1. The molecule has 31 heavy (non-hydrogen) atoms. The van der Waals surface area contributed by atoms with E-state index in [0.29, 0.717) is 33.6 Å². The van der Waals surface area contributed by atoms with E-state index in [4.69, 9.17) is 23.2 Å². The van der Waals surface area contributed by atoms with E-state index >= 15 is 0 Å². The van der Waals surface area contributed by atoms with Crippen LogP contribution >= 0.6 is 23.2 Å². The summed E-state index contributed by atoms with van der Waals surface area (Å²) in [4.78, 5) is 33.1. The maximum Gasteiger partial charge on any atom is 0.249 e. The van der Waals surface area contributed by atoms with Crippen molar-refractivity contribution in [1.82, 2.24) is 5.32 Å². The molecule has 2 aromatic carbocycles. The molecule has 2 aromatic rings. The largest absolute Gasteiger partial charge is 0.349 e. The summed E-state index contributed by atoms with van der Waals surface area (Å²) >= 11 is 12.7. The number of benzene rings is 2. The lowest BCUT2D eigenvalue weighted by atomic mass is 10.00. The molecule has 2 N–H and O–H groups in total. The molecule has 0 spiro atoms. The van der Waals surface area contributed by atoms with E-state index in [1.165, 1.54) is 22.6 Å². The molecule has 2 heterocycles. The second kappa shape index (κ2) is 9.81. The third-order valence-corrected chi connectivity index (χ3v) is 6.28. The Morgan fingerprint density at radius 1 is 1.10 bits per heavy atom. The highest BCUT2D eigenvalue weighted by Crippen LogP contribution is 2.31. The molecule has 0 aliphatic carbocycles. The zero-order chi connectivity index (χ0) is 21.8. The normalized spacial score (nSPS) is 16.6. The fourth-order valence-electron chi connectivity index (χ4n) is 4.14. The summed E-state index contributed by atoms with van der Waals surface area (Å²) in [5.41, 5.74) is 2.60. The average Bonchev–Trinajstić information content (AvgIpc) is 3.23. The molecule has 1 saturated heterocycles. The highest BCUT2D eigenvalue weighted by Gasteiger charge is 2.28. The van der Waals surface area contributed by atoms with Gasteiger partial charge in [-0.05, 0) is 24.3 Å². The van der Waals surface area contributed by atoms with Crippen molar-refractivity contribution < 1.29 is 14.5 Å². The van der Waals surface area contributed by atoms with Crippen molar-refractivity contribution in [2.24, 2.45) is 4.99 Å². The number of likely N-dealkylation sites (tertiary alicyclic amines) is 1. The lowest BCUT2D eigenvalue weighted by Gasteiger charge is -2.23. The minimum Gasteiger partial charge on any atom is -0.349 e. The maximum atomic E-state index is 12.9. The summed E-state index contributed by atoms with van der Waals surface area (Å²) in [6, 6.07) is 12.6. The molecule has 0 saturated carbocycles. The number of carbonyl (C=O) groups is 2. The molecule has 8 heteroatoms. The third kappa shape index (κ3) is 5.09. The summed E-state index contributed by atoms with van der Waals surface area (Å²) in [6.07, 6.45) is 2.50. The number of anilines is 1. The predicted molar refractivity (Wildman–Crippen MR) is 124 cm³/mol. The van der Waals surface area contributed by atoms with Gasteiger partial charge in [-0.3, -0.25) is 14.6 Å². The fraction of sp³-hybridized carbons (Fsp3) is 0.348. The fourth-order valence-corrected chi connectivity index (χ4v) is 4.54. The number of rotatable bonds is 6. The van der Waals surface area contributed by atoms with Gasteiger partial charge in [-0.25, -0.2) is 0 Å². The van der Waals surface area contributed by atoms with E-state index in [0.717, 1.165) is 25.2 Å². The van der Waals surface area contributed by atoms with Gasteiger partial charge in [0.05, 0.1) is 37.6 Å². The van der Waals surface area contributed by atoms with Gasteiger partial charge in [0, 0.05) is 34.0 Å². The molecule has 162 valence electrons. The van der Waals surface area contributed by atoms with Crippen molar-refractivity contribution in [3.63, 3.8) is 0 Å². The molecule has 2 amide bonds. The van der Waals surface area contributed by atoms with Gasteiger partial charge in [0.25, 0.3) is 0 Å². The average molecular weight is 460 g/mol. The highest BCUT2D eigenvalue weighted by atomic mass is 35.5. The topological polar surface area (TPSA) is 66.2 Å². The van der Waals surface area contributed by atoms with E-state index in [1.54, 1.807) is 24.3 Å². The molecule has 0 bridgehead atoms. The number of halogens is 2. The molecular weight excluding hydrogens is 435 g/mol. The molecule has 1 fully saturated rings. The van der Waals surface area contributed by atoms with Crippen molar-refractivity contribution in [2.75, 3.05) is 44.2 Å². The van der Waals surface area contributed by atoms with Crippen LogP contribution in [0, 0.1) is 0 Å². The van der Waals surface area contributed by atoms with Gasteiger partial charge in [0.1, 0.15) is 13.1 Å². The number of carbonyl (C=O) groups excluding carboxylic acids is 2. The molecule has 6 nitrogen and oxygen atoms in total. The zero-order valence-electron chi connectivity index (χ0n) is 17.2. The maximum absolute atomic E-state index is 12.9. The van der Waals surface area contributed by atoms with E-state index in [1.807, 2.05) is 18.2 Å². The lowest BCUT2D eigenvalue weighted by Crippen LogP contribution is -3.10. The molecule has 0 atom stereocenters. The second-order valence-corrected chi connectivity index (χ2v) is 8.69. The number of aliphatic imine (C=N–C) groups is 1. The second-order valence-electron chi connectivity index (χ2n) is 7.84. The third-order valence-electron chi connectivity index (χ3n) is 5.72. The van der Waals surface area contributed by atoms with E-state index in [9.17, 15) is 9.59 Å². The zero-order valence-corrected chi connectivity index (χ0v) is 18.7. The number of nitrogens with one attached hydrogen (secondary N) is 2. The number of hydrogen-bond acceptors (Lipinski definition) is 3. The van der Waals surface area contributed by atoms with Gasteiger partial charge in [-0.1, -0.05) is 41.4 Å². The SMILES string of the molecule is O=C(CN1C(=O)CN=C(c2ccccc2Cl)c2cc(Cl)ccc21)NCC[NH+]1CCCC1. The molecule has 2 aliphatic rings. The van der Waals surface area contributed by atoms with Crippen molar-refractivity contribution in [2.45, 2.75) is 12.8 Å². The number of quaternary nitrogens is 1. The standard InChI is InChI=1S/C23H24Cl2N4O2/c24-16-7-8-20-18(13-16)23(17-5-1-2-6-19(17)25)27-14-22(31)29(20)15-21(30)26-9-12-28-10-3-4-11-28/h1-2,5-8,13H,3-4,9-12,14-15H2,(H,26,30)/p+1. The van der Waals surface area contributed by atoms with Crippen molar-refractivity contribution in [3.05, 3.63) is 63.6 Å². The van der Waals surface area contributed by atoms with E-state index < -0.39 is 0 Å². The molecule has 4 rings (SSSR count). The molecular formula is C23H25Cl2N4O2+. The Morgan fingerprint density at radius 2 is 1.87 bits per heavy atom. The predicted octanol–water partition coefficient (Wildman–Crippen LogP) is 1.97.